The van der Waals surface area contributed by atoms with Crippen molar-refractivity contribution in [3.05, 3.63) is 23.2 Å². The molecular formula is C12H15ClN2O2. The average molecular weight is 255 g/mol. The first kappa shape index (κ1) is 12.0. The van der Waals surface area contributed by atoms with Gasteiger partial charge >= 0.3 is 0 Å². The highest BCUT2D eigenvalue weighted by Gasteiger charge is 2.19. The number of carbonyl (C=O) groups is 1. The largest absolute Gasteiger partial charge is 0.490 e. The van der Waals surface area contributed by atoms with Gasteiger partial charge < -0.3 is 15.4 Å². The van der Waals surface area contributed by atoms with Crippen LogP contribution in [0.2, 0.25) is 5.02 Å². The normalized spacial score (nSPS) is 15.4. The molecule has 0 saturated carbocycles. The number of anilines is 1. The molecule has 2 N–H and O–H groups in total. The van der Waals surface area contributed by atoms with Crippen molar-refractivity contribution in [1.29, 1.82) is 0 Å². The summed E-state index contributed by atoms with van der Waals surface area (Å²) in [4.78, 5) is 13.2. The van der Waals surface area contributed by atoms with Crippen LogP contribution in [0, 0.1) is 0 Å². The lowest BCUT2D eigenvalue weighted by molar-refractivity contribution is -0.128. The molecule has 0 bridgehead atoms. The molecule has 1 aromatic carbocycles. The Labute approximate surface area is 105 Å². The van der Waals surface area contributed by atoms with Gasteiger partial charge in [-0.1, -0.05) is 11.6 Å². The van der Waals surface area contributed by atoms with Crippen LogP contribution in [0.5, 0.6) is 5.75 Å². The van der Waals surface area contributed by atoms with Gasteiger partial charge in [-0.15, -0.1) is 0 Å². The SMILES string of the molecule is Nc1ccc(OCCN2CCCC2=O)c(Cl)c1. The lowest BCUT2D eigenvalue weighted by Gasteiger charge is -2.16. The molecule has 0 aliphatic carbocycles. The molecule has 2 rings (SSSR count). The first-order valence-corrected chi connectivity index (χ1v) is 6.00. The van der Waals surface area contributed by atoms with E-state index in [-0.39, 0.29) is 5.91 Å². The quantitative estimate of drug-likeness (QED) is 0.836. The predicted octanol–water partition coefficient (Wildman–Crippen LogP) is 1.92. The van der Waals surface area contributed by atoms with Crippen molar-refractivity contribution in [2.24, 2.45) is 0 Å². The second kappa shape index (κ2) is 5.27. The summed E-state index contributed by atoms with van der Waals surface area (Å²) in [5.74, 6) is 0.810. The van der Waals surface area contributed by atoms with Crippen molar-refractivity contribution in [1.82, 2.24) is 4.90 Å². The number of rotatable bonds is 4. The fourth-order valence-electron chi connectivity index (χ4n) is 1.84. The number of amides is 1. The molecule has 1 heterocycles. The van der Waals surface area contributed by atoms with Crippen LogP contribution >= 0.6 is 11.6 Å². The van der Waals surface area contributed by atoms with Crippen LogP contribution < -0.4 is 10.5 Å². The molecule has 0 unspecified atom stereocenters. The Morgan fingerprint density at radius 3 is 2.94 bits per heavy atom. The zero-order valence-electron chi connectivity index (χ0n) is 9.49. The van der Waals surface area contributed by atoms with Gasteiger partial charge in [0.2, 0.25) is 5.91 Å². The zero-order chi connectivity index (χ0) is 12.3. The molecule has 1 amide bonds. The molecule has 17 heavy (non-hydrogen) atoms. The Morgan fingerprint density at radius 2 is 2.29 bits per heavy atom. The van der Waals surface area contributed by atoms with Gasteiger partial charge in [0.1, 0.15) is 12.4 Å². The highest BCUT2D eigenvalue weighted by atomic mass is 35.5. The van der Waals surface area contributed by atoms with E-state index in [0.717, 1.165) is 13.0 Å². The number of likely N-dealkylation sites (tertiary alicyclic amines) is 1. The molecule has 5 heteroatoms. The van der Waals surface area contributed by atoms with E-state index in [1.165, 1.54) is 0 Å². The molecule has 0 atom stereocenters. The molecular weight excluding hydrogens is 240 g/mol. The average Bonchev–Trinajstić information content (AvgIpc) is 2.68. The van der Waals surface area contributed by atoms with Crippen molar-refractivity contribution in [3.63, 3.8) is 0 Å². The number of halogens is 1. The van der Waals surface area contributed by atoms with Gasteiger partial charge in [0, 0.05) is 18.7 Å². The maximum Gasteiger partial charge on any atom is 0.222 e. The third-order valence-electron chi connectivity index (χ3n) is 2.75. The van der Waals surface area contributed by atoms with Crippen molar-refractivity contribution >= 4 is 23.2 Å². The van der Waals surface area contributed by atoms with Crippen molar-refractivity contribution in [2.75, 3.05) is 25.4 Å². The van der Waals surface area contributed by atoms with Crippen LogP contribution in [0.4, 0.5) is 5.69 Å². The van der Waals surface area contributed by atoms with Gasteiger partial charge in [-0.3, -0.25) is 4.79 Å². The highest BCUT2D eigenvalue weighted by Crippen LogP contribution is 2.26. The molecule has 0 spiro atoms. The zero-order valence-corrected chi connectivity index (χ0v) is 10.2. The molecule has 0 radical (unpaired) electrons. The summed E-state index contributed by atoms with van der Waals surface area (Å²) < 4.78 is 5.52. The minimum absolute atomic E-state index is 0.206. The van der Waals surface area contributed by atoms with E-state index in [4.69, 9.17) is 22.1 Å². The maximum absolute atomic E-state index is 11.4. The van der Waals surface area contributed by atoms with Crippen molar-refractivity contribution in [3.8, 4) is 5.75 Å². The molecule has 1 aromatic rings. The lowest BCUT2D eigenvalue weighted by Crippen LogP contribution is -2.29. The summed E-state index contributed by atoms with van der Waals surface area (Å²) in [5, 5.41) is 0.498. The Hall–Kier alpha value is -1.42. The number of nitrogens with two attached hydrogens (primary N) is 1. The maximum atomic E-state index is 11.4. The van der Waals surface area contributed by atoms with Gasteiger partial charge in [-0.2, -0.15) is 0 Å². The first-order chi connectivity index (χ1) is 8.16. The first-order valence-electron chi connectivity index (χ1n) is 5.62. The summed E-state index contributed by atoms with van der Waals surface area (Å²) in [7, 11) is 0. The lowest BCUT2D eigenvalue weighted by atomic mass is 10.3. The number of hydrogen-bond acceptors (Lipinski definition) is 3. The Morgan fingerprint density at radius 1 is 1.47 bits per heavy atom. The topological polar surface area (TPSA) is 55.6 Å². The summed E-state index contributed by atoms with van der Waals surface area (Å²) >= 11 is 5.97. The summed E-state index contributed by atoms with van der Waals surface area (Å²) in [6.07, 6.45) is 1.60. The summed E-state index contributed by atoms with van der Waals surface area (Å²) in [6.45, 7) is 1.90. The van der Waals surface area contributed by atoms with Crippen molar-refractivity contribution in [2.45, 2.75) is 12.8 Å². The van der Waals surface area contributed by atoms with Gasteiger partial charge in [0.05, 0.1) is 11.6 Å². The molecule has 1 aliphatic rings. The summed E-state index contributed by atoms with van der Waals surface area (Å²) in [5.41, 5.74) is 6.19. The van der Waals surface area contributed by atoms with E-state index < -0.39 is 0 Å². The molecule has 92 valence electrons. The van der Waals surface area contributed by atoms with E-state index in [0.29, 0.717) is 36.0 Å². The fraction of sp³-hybridized carbons (Fsp3) is 0.417. The number of nitrogen functional groups attached to an aromatic ring is 1. The fourth-order valence-corrected chi connectivity index (χ4v) is 2.08. The monoisotopic (exact) mass is 254 g/mol. The molecule has 0 aromatic heterocycles. The van der Waals surface area contributed by atoms with Crippen LogP contribution in [0.1, 0.15) is 12.8 Å². The Kier molecular flexibility index (Phi) is 3.74. The van der Waals surface area contributed by atoms with Crippen LogP contribution in [-0.4, -0.2) is 30.5 Å². The van der Waals surface area contributed by atoms with Gasteiger partial charge in [-0.25, -0.2) is 0 Å². The highest BCUT2D eigenvalue weighted by molar-refractivity contribution is 6.32. The minimum atomic E-state index is 0.206. The third kappa shape index (κ3) is 3.03. The molecule has 1 fully saturated rings. The van der Waals surface area contributed by atoms with E-state index in [9.17, 15) is 4.79 Å². The standard InChI is InChI=1S/C12H15ClN2O2/c13-10-8-9(14)3-4-11(10)17-7-6-15-5-1-2-12(15)16/h3-4,8H,1-2,5-7,14H2. The van der Waals surface area contributed by atoms with Crippen LogP contribution in [0.15, 0.2) is 18.2 Å². The number of nitrogens with zero attached hydrogens (tertiary/aromatic N) is 1. The number of benzene rings is 1. The van der Waals surface area contributed by atoms with E-state index in [1.807, 2.05) is 4.90 Å². The minimum Gasteiger partial charge on any atom is -0.490 e. The van der Waals surface area contributed by atoms with Crippen molar-refractivity contribution < 1.29 is 9.53 Å². The predicted molar refractivity (Wildman–Crippen MR) is 67.2 cm³/mol. The molecule has 1 saturated heterocycles. The van der Waals surface area contributed by atoms with Crippen LogP contribution in [0.25, 0.3) is 0 Å². The van der Waals surface area contributed by atoms with E-state index in [1.54, 1.807) is 18.2 Å². The number of ether oxygens (including phenoxy) is 1. The number of hydrogen-bond donors (Lipinski definition) is 1. The molecule has 1 aliphatic heterocycles. The second-order valence-electron chi connectivity index (χ2n) is 4.02. The smallest absolute Gasteiger partial charge is 0.222 e. The van der Waals surface area contributed by atoms with Gasteiger partial charge in [0.25, 0.3) is 0 Å². The second-order valence-corrected chi connectivity index (χ2v) is 4.43. The van der Waals surface area contributed by atoms with Crippen LogP contribution in [0.3, 0.4) is 0 Å². The summed E-state index contributed by atoms with van der Waals surface area (Å²) in [6, 6.07) is 5.13. The number of carbonyl (C=O) groups excluding carboxylic acids is 1. The molecule has 4 nitrogen and oxygen atoms in total. The third-order valence-corrected chi connectivity index (χ3v) is 3.04. The Balaban J connectivity index is 1.83. The van der Waals surface area contributed by atoms with Gasteiger partial charge in [0.15, 0.2) is 0 Å². The Bertz CT molecular complexity index is 423. The van der Waals surface area contributed by atoms with E-state index in [2.05, 4.69) is 0 Å². The van der Waals surface area contributed by atoms with Gasteiger partial charge in [-0.05, 0) is 24.6 Å². The van der Waals surface area contributed by atoms with E-state index >= 15 is 0 Å². The van der Waals surface area contributed by atoms with Crippen LogP contribution in [-0.2, 0) is 4.79 Å².